The van der Waals surface area contributed by atoms with Gasteiger partial charge in [-0.2, -0.15) is 0 Å². The highest BCUT2D eigenvalue weighted by molar-refractivity contribution is 5.55. The van der Waals surface area contributed by atoms with E-state index in [2.05, 4.69) is 49.5 Å². The number of allylic oxidation sites excluding steroid dienone is 10. The normalized spacial score (nSPS) is 30.2. The summed E-state index contributed by atoms with van der Waals surface area (Å²) in [6.07, 6.45) is 16.1. The Morgan fingerprint density at radius 3 is 2.92 bits per heavy atom. The van der Waals surface area contributed by atoms with Crippen LogP contribution in [0.3, 0.4) is 0 Å². The largest absolute Gasteiger partial charge is 0.0801 e. The van der Waals surface area contributed by atoms with Crippen LogP contribution in [-0.4, -0.2) is 0 Å². The fourth-order valence-corrected chi connectivity index (χ4v) is 1.57. The Balaban J connectivity index is 2.45. The Kier molecular flexibility index (Phi) is 1.83. The zero-order valence-electron chi connectivity index (χ0n) is 7.25. The molecule has 0 aromatic heterocycles. The second kappa shape index (κ2) is 2.98. The standard InChI is InChI=1S/C12H12/c1-10-8-9-11-6-4-2-3-5-7-12(10)11/h2-6,8-9H,7H2,1H3/b4-2-,5-3-,11-6-. The Bertz CT molecular complexity index is 333. The molecule has 60 valence electrons. The second-order valence-electron chi connectivity index (χ2n) is 3.13. The van der Waals surface area contributed by atoms with Gasteiger partial charge in [-0.25, -0.2) is 0 Å². The van der Waals surface area contributed by atoms with Crippen LogP contribution in [0.25, 0.3) is 0 Å². The van der Waals surface area contributed by atoms with E-state index in [1.165, 1.54) is 16.7 Å². The van der Waals surface area contributed by atoms with Crippen LogP contribution in [0.15, 0.2) is 59.3 Å². The topological polar surface area (TPSA) is 0 Å². The van der Waals surface area contributed by atoms with Gasteiger partial charge in [0.1, 0.15) is 0 Å². The fourth-order valence-electron chi connectivity index (χ4n) is 1.57. The predicted octanol–water partition coefficient (Wildman–Crippen LogP) is 3.32. The van der Waals surface area contributed by atoms with Crippen molar-refractivity contribution in [3.63, 3.8) is 0 Å². The van der Waals surface area contributed by atoms with Crippen molar-refractivity contribution in [2.24, 2.45) is 0 Å². The molecule has 0 aromatic carbocycles. The van der Waals surface area contributed by atoms with Gasteiger partial charge in [-0.15, -0.1) is 0 Å². The smallest absolute Gasteiger partial charge is 0.00858 e. The summed E-state index contributed by atoms with van der Waals surface area (Å²) in [4.78, 5) is 0. The molecular weight excluding hydrogens is 144 g/mol. The van der Waals surface area contributed by atoms with Gasteiger partial charge in [0.25, 0.3) is 0 Å². The molecule has 0 radical (unpaired) electrons. The quantitative estimate of drug-likeness (QED) is 0.504. The number of hydrogen-bond acceptors (Lipinski definition) is 0. The maximum atomic E-state index is 2.20. The first-order valence-corrected chi connectivity index (χ1v) is 4.29. The first-order valence-electron chi connectivity index (χ1n) is 4.29. The molecular formula is C12H12. The minimum Gasteiger partial charge on any atom is -0.0801 e. The highest BCUT2D eigenvalue weighted by Crippen LogP contribution is 2.28. The van der Waals surface area contributed by atoms with Crippen LogP contribution in [0.4, 0.5) is 0 Å². The van der Waals surface area contributed by atoms with E-state index in [9.17, 15) is 0 Å². The van der Waals surface area contributed by atoms with Crippen LogP contribution in [0.5, 0.6) is 0 Å². The van der Waals surface area contributed by atoms with Crippen molar-refractivity contribution < 1.29 is 0 Å². The first-order chi connectivity index (χ1) is 5.88. The van der Waals surface area contributed by atoms with E-state index in [4.69, 9.17) is 0 Å². The summed E-state index contributed by atoms with van der Waals surface area (Å²) in [5.41, 5.74) is 4.24. The van der Waals surface area contributed by atoms with Gasteiger partial charge in [0.2, 0.25) is 0 Å². The minimum absolute atomic E-state index is 1.06. The molecule has 0 heterocycles. The van der Waals surface area contributed by atoms with Gasteiger partial charge in [0.15, 0.2) is 0 Å². The summed E-state index contributed by atoms with van der Waals surface area (Å²) in [5, 5.41) is 0. The third-order valence-corrected chi connectivity index (χ3v) is 2.29. The van der Waals surface area contributed by atoms with E-state index >= 15 is 0 Å². The fraction of sp³-hybridized carbons (Fsp3) is 0.167. The highest BCUT2D eigenvalue weighted by atomic mass is 14.1. The van der Waals surface area contributed by atoms with Crippen LogP contribution in [0.1, 0.15) is 13.3 Å². The first kappa shape index (κ1) is 7.35. The maximum absolute atomic E-state index is 2.20. The third-order valence-electron chi connectivity index (χ3n) is 2.29. The lowest BCUT2D eigenvalue weighted by Gasteiger charge is -2.03. The Morgan fingerprint density at radius 2 is 2.00 bits per heavy atom. The Labute approximate surface area is 73.3 Å². The molecule has 0 aliphatic heterocycles. The number of fused-ring (bicyclic) bond motifs is 1. The van der Waals surface area contributed by atoms with E-state index in [1.807, 2.05) is 0 Å². The van der Waals surface area contributed by atoms with Crippen molar-refractivity contribution in [2.75, 3.05) is 0 Å². The van der Waals surface area contributed by atoms with Crippen molar-refractivity contribution in [3.8, 4) is 0 Å². The van der Waals surface area contributed by atoms with E-state index in [1.54, 1.807) is 0 Å². The van der Waals surface area contributed by atoms with E-state index in [-0.39, 0.29) is 0 Å². The van der Waals surface area contributed by atoms with Crippen LogP contribution in [-0.2, 0) is 0 Å². The molecule has 12 heavy (non-hydrogen) atoms. The number of rotatable bonds is 0. The van der Waals surface area contributed by atoms with Crippen LogP contribution >= 0.6 is 0 Å². The summed E-state index contributed by atoms with van der Waals surface area (Å²) >= 11 is 0. The predicted molar refractivity (Wildman–Crippen MR) is 52.8 cm³/mol. The summed E-state index contributed by atoms with van der Waals surface area (Å²) in [5.74, 6) is 0. The average Bonchev–Trinajstić information content (AvgIpc) is 2.31. The molecule has 0 saturated carbocycles. The van der Waals surface area contributed by atoms with Gasteiger partial charge in [-0.05, 0) is 30.1 Å². The van der Waals surface area contributed by atoms with E-state index in [0.717, 1.165) is 6.42 Å². The van der Waals surface area contributed by atoms with E-state index in [0.29, 0.717) is 0 Å². The SMILES string of the molecule is CC1=C2C\C=C/C=C\C=C/2C=C1. The summed E-state index contributed by atoms with van der Waals surface area (Å²) in [7, 11) is 0. The van der Waals surface area contributed by atoms with Gasteiger partial charge in [-0.3, -0.25) is 0 Å². The van der Waals surface area contributed by atoms with Gasteiger partial charge in [0.05, 0.1) is 0 Å². The lowest BCUT2D eigenvalue weighted by atomic mass is 10.0. The van der Waals surface area contributed by atoms with Gasteiger partial charge >= 0.3 is 0 Å². The molecule has 0 amide bonds. The van der Waals surface area contributed by atoms with Crippen LogP contribution in [0, 0.1) is 0 Å². The van der Waals surface area contributed by atoms with Gasteiger partial charge in [-0.1, -0.05) is 42.5 Å². The molecule has 0 nitrogen and oxygen atoms in total. The molecule has 0 aromatic rings. The molecule has 0 N–H and O–H groups in total. The molecule has 2 aliphatic rings. The van der Waals surface area contributed by atoms with Gasteiger partial charge in [0, 0.05) is 0 Å². The molecule has 0 spiro atoms. The Hall–Kier alpha value is -1.30. The number of hydrogen-bond donors (Lipinski definition) is 0. The molecule has 0 atom stereocenters. The molecule has 0 heteroatoms. The molecule has 2 aliphatic carbocycles. The molecule has 0 fully saturated rings. The monoisotopic (exact) mass is 156 g/mol. The Morgan fingerprint density at radius 1 is 1.08 bits per heavy atom. The molecule has 0 saturated heterocycles. The molecule has 0 unspecified atom stereocenters. The minimum atomic E-state index is 1.06. The van der Waals surface area contributed by atoms with Crippen molar-refractivity contribution in [1.29, 1.82) is 0 Å². The van der Waals surface area contributed by atoms with Crippen molar-refractivity contribution in [2.45, 2.75) is 13.3 Å². The molecule has 2 rings (SSSR count). The summed E-state index contributed by atoms with van der Waals surface area (Å²) < 4.78 is 0. The lowest BCUT2D eigenvalue weighted by Crippen LogP contribution is -1.84. The maximum Gasteiger partial charge on any atom is -0.00858 e. The highest BCUT2D eigenvalue weighted by Gasteiger charge is 2.08. The average molecular weight is 156 g/mol. The van der Waals surface area contributed by atoms with Crippen molar-refractivity contribution >= 4 is 0 Å². The third kappa shape index (κ3) is 1.20. The lowest BCUT2D eigenvalue weighted by molar-refractivity contribution is 1.22. The summed E-state index contributed by atoms with van der Waals surface area (Å²) in [6, 6.07) is 0. The van der Waals surface area contributed by atoms with Crippen molar-refractivity contribution in [1.82, 2.24) is 0 Å². The zero-order valence-corrected chi connectivity index (χ0v) is 7.25. The second-order valence-corrected chi connectivity index (χ2v) is 3.13. The summed E-state index contributed by atoms with van der Waals surface area (Å²) in [6.45, 7) is 2.17. The van der Waals surface area contributed by atoms with Crippen LogP contribution < -0.4 is 0 Å². The molecule has 0 bridgehead atoms. The zero-order chi connectivity index (χ0) is 8.39. The van der Waals surface area contributed by atoms with E-state index < -0.39 is 0 Å². The van der Waals surface area contributed by atoms with Gasteiger partial charge < -0.3 is 0 Å². The van der Waals surface area contributed by atoms with Crippen molar-refractivity contribution in [3.05, 3.63) is 59.3 Å². The van der Waals surface area contributed by atoms with Crippen LogP contribution in [0.2, 0.25) is 0 Å².